The second-order valence-corrected chi connectivity index (χ2v) is 5.11. The van der Waals surface area contributed by atoms with Crippen LogP contribution in [0.3, 0.4) is 0 Å². The fourth-order valence-electron chi connectivity index (χ4n) is 1.94. The summed E-state index contributed by atoms with van der Waals surface area (Å²) < 4.78 is 0. The summed E-state index contributed by atoms with van der Waals surface area (Å²) in [5.74, 6) is 0.527. The summed E-state index contributed by atoms with van der Waals surface area (Å²) in [6, 6.07) is 6.02. The van der Waals surface area contributed by atoms with E-state index in [9.17, 15) is 5.11 Å². The molecule has 0 saturated carbocycles. The van der Waals surface area contributed by atoms with Gasteiger partial charge < -0.3 is 10.0 Å². The van der Waals surface area contributed by atoms with Gasteiger partial charge in [0.1, 0.15) is 0 Å². The van der Waals surface area contributed by atoms with E-state index in [2.05, 4.69) is 29.8 Å². The van der Waals surface area contributed by atoms with E-state index >= 15 is 0 Å². The Bertz CT molecular complexity index is 408. The van der Waals surface area contributed by atoms with Gasteiger partial charge in [-0.2, -0.15) is 5.26 Å². The van der Waals surface area contributed by atoms with Crippen molar-refractivity contribution in [1.29, 1.82) is 5.26 Å². The minimum absolute atomic E-state index is 0.494. The van der Waals surface area contributed by atoms with Crippen LogP contribution in [0.15, 0.2) is 18.3 Å². The van der Waals surface area contributed by atoms with Gasteiger partial charge in [0.15, 0.2) is 0 Å². The van der Waals surface area contributed by atoms with E-state index in [1.165, 1.54) is 0 Å². The number of aliphatic hydroxyl groups excluding tert-OH is 1. The van der Waals surface area contributed by atoms with E-state index in [0.29, 0.717) is 31.0 Å². The summed E-state index contributed by atoms with van der Waals surface area (Å²) in [7, 11) is 0. The third kappa shape index (κ3) is 4.88. The van der Waals surface area contributed by atoms with Crippen molar-refractivity contribution in [1.82, 2.24) is 4.98 Å². The summed E-state index contributed by atoms with van der Waals surface area (Å²) in [6.45, 7) is 7.85. The number of nitriles is 1. The zero-order valence-electron chi connectivity index (χ0n) is 12.0. The van der Waals surface area contributed by atoms with E-state index in [-0.39, 0.29) is 0 Å². The second-order valence-electron chi connectivity index (χ2n) is 5.11. The highest BCUT2D eigenvalue weighted by molar-refractivity contribution is 5.44. The Morgan fingerprint density at radius 2 is 2.16 bits per heavy atom. The van der Waals surface area contributed by atoms with Gasteiger partial charge in [0.2, 0.25) is 0 Å². The molecule has 0 aromatic carbocycles. The van der Waals surface area contributed by atoms with Crippen LogP contribution in [-0.4, -0.2) is 23.2 Å². The van der Waals surface area contributed by atoms with Gasteiger partial charge in [-0.05, 0) is 24.5 Å². The van der Waals surface area contributed by atoms with E-state index in [0.717, 1.165) is 12.2 Å². The molecule has 1 heterocycles. The molecule has 1 N–H and O–H groups in total. The number of hydrogen-bond acceptors (Lipinski definition) is 4. The molecule has 0 saturated heterocycles. The molecule has 1 aromatic heterocycles. The van der Waals surface area contributed by atoms with Gasteiger partial charge in [-0.3, -0.25) is 4.98 Å². The van der Waals surface area contributed by atoms with Gasteiger partial charge in [0.25, 0.3) is 0 Å². The Morgan fingerprint density at radius 3 is 2.63 bits per heavy atom. The van der Waals surface area contributed by atoms with Crippen LogP contribution in [0.25, 0.3) is 0 Å². The fourth-order valence-corrected chi connectivity index (χ4v) is 1.94. The minimum Gasteiger partial charge on any atom is -0.387 e. The predicted octanol–water partition coefficient (Wildman–Crippen LogP) is 2.90. The number of pyridine rings is 1. The van der Waals surface area contributed by atoms with Crippen molar-refractivity contribution in [3.63, 3.8) is 0 Å². The summed E-state index contributed by atoms with van der Waals surface area (Å²) in [5.41, 5.74) is 1.71. The van der Waals surface area contributed by atoms with Crippen LogP contribution in [0.4, 0.5) is 5.69 Å². The standard InChI is InChI=1S/C15H23N3O/c1-4-15(19)14-7-6-13(10-17-14)18(9-5-8-16)11-12(2)3/h6-7,10,12,15,19H,4-5,9,11H2,1-3H3/t15-/m0/s1. The first-order valence-electron chi connectivity index (χ1n) is 6.84. The number of hydrogen-bond donors (Lipinski definition) is 1. The molecule has 0 fully saturated rings. The lowest BCUT2D eigenvalue weighted by atomic mass is 10.1. The number of aromatic nitrogens is 1. The van der Waals surface area contributed by atoms with Crippen molar-refractivity contribution >= 4 is 5.69 Å². The SMILES string of the molecule is CC[C@H](O)c1ccc(N(CCC#N)CC(C)C)cn1. The predicted molar refractivity (Wildman–Crippen MR) is 76.8 cm³/mol. The lowest BCUT2D eigenvalue weighted by Crippen LogP contribution is -2.28. The fraction of sp³-hybridized carbons (Fsp3) is 0.600. The van der Waals surface area contributed by atoms with Crippen LogP contribution >= 0.6 is 0 Å². The first-order chi connectivity index (χ1) is 9.08. The molecule has 0 radical (unpaired) electrons. The van der Waals surface area contributed by atoms with E-state index < -0.39 is 6.10 Å². The van der Waals surface area contributed by atoms with Gasteiger partial charge in [-0.25, -0.2) is 0 Å². The quantitative estimate of drug-likeness (QED) is 0.820. The lowest BCUT2D eigenvalue weighted by Gasteiger charge is -2.25. The second kappa shape index (κ2) is 7.75. The molecule has 1 atom stereocenters. The summed E-state index contributed by atoms with van der Waals surface area (Å²) in [6.07, 6.45) is 2.46. The van der Waals surface area contributed by atoms with Crippen molar-refractivity contribution in [2.24, 2.45) is 5.92 Å². The number of anilines is 1. The molecule has 0 aliphatic carbocycles. The maximum Gasteiger partial charge on any atom is 0.0957 e. The van der Waals surface area contributed by atoms with Crippen LogP contribution in [0, 0.1) is 17.2 Å². The van der Waals surface area contributed by atoms with E-state index in [1.807, 2.05) is 19.1 Å². The Balaban J connectivity index is 2.81. The Labute approximate surface area is 115 Å². The van der Waals surface area contributed by atoms with Crippen molar-refractivity contribution in [3.05, 3.63) is 24.0 Å². The lowest BCUT2D eigenvalue weighted by molar-refractivity contribution is 0.169. The topological polar surface area (TPSA) is 60.1 Å². The highest BCUT2D eigenvalue weighted by Crippen LogP contribution is 2.19. The average molecular weight is 261 g/mol. The van der Waals surface area contributed by atoms with Crippen LogP contribution in [-0.2, 0) is 0 Å². The molecule has 0 spiro atoms. The van der Waals surface area contributed by atoms with Gasteiger partial charge >= 0.3 is 0 Å². The van der Waals surface area contributed by atoms with Gasteiger partial charge in [0, 0.05) is 13.1 Å². The molecule has 0 aliphatic heterocycles. The summed E-state index contributed by atoms with van der Waals surface area (Å²) in [4.78, 5) is 6.48. The molecule has 4 heteroatoms. The zero-order valence-corrected chi connectivity index (χ0v) is 12.0. The maximum atomic E-state index is 9.73. The molecule has 0 bridgehead atoms. The first kappa shape index (κ1) is 15.5. The minimum atomic E-state index is -0.494. The smallest absolute Gasteiger partial charge is 0.0957 e. The highest BCUT2D eigenvalue weighted by Gasteiger charge is 2.11. The summed E-state index contributed by atoms with van der Waals surface area (Å²) in [5, 5.41) is 18.4. The monoisotopic (exact) mass is 261 g/mol. The normalized spacial score (nSPS) is 12.2. The van der Waals surface area contributed by atoms with Crippen LogP contribution in [0.5, 0.6) is 0 Å². The van der Waals surface area contributed by atoms with Crippen LogP contribution < -0.4 is 4.90 Å². The molecule has 0 amide bonds. The Hall–Kier alpha value is -1.60. The summed E-state index contributed by atoms with van der Waals surface area (Å²) >= 11 is 0. The maximum absolute atomic E-state index is 9.73. The van der Waals surface area contributed by atoms with Crippen molar-refractivity contribution in [3.8, 4) is 6.07 Å². The van der Waals surface area contributed by atoms with Crippen molar-refractivity contribution in [2.45, 2.75) is 39.7 Å². The van der Waals surface area contributed by atoms with Crippen LogP contribution in [0.1, 0.15) is 45.4 Å². The molecule has 0 unspecified atom stereocenters. The molecule has 19 heavy (non-hydrogen) atoms. The zero-order chi connectivity index (χ0) is 14.3. The van der Waals surface area contributed by atoms with Gasteiger partial charge in [-0.15, -0.1) is 0 Å². The molecule has 1 aromatic rings. The largest absolute Gasteiger partial charge is 0.387 e. The Kier molecular flexibility index (Phi) is 6.31. The van der Waals surface area contributed by atoms with Crippen LogP contribution in [0.2, 0.25) is 0 Å². The average Bonchev–Trinajstić information content (AvgIpc) is 2.42. The third-order valence-electron chi connectivity index (χ3n) is 2.94. The van der Waals surface area contributed by atoms with Crippen molar-refractivity contribution in [2.75, 3.05) is 18.0 Å². The first-order valence-corrected chi connectivity index (χ1v) is 6.84. The van der Waals surface area contributed by atoms with E-state index in [1.54, 1.807) is 6.20 Å². The van der Waals surface area contributed by atoms with Gasteiger partial charge in [0.05, 0.1) is 36.2 Å². The number of rotatable bonds is 7. The molecular formula is C15H23N3O. The molecule has 1 rings (SSSR count). The molecular weight excluding hydrogens is 238 g/mol. The number of nitrogens with zero attached hydrogens (tertiary/aromatic N) is 3. The highest BCUT2D eigenvalue weighted by atomic mass is 16.3. The van der Waals surface area contributed by atoms with Gasteiger partial charge in [-0.1, -0.05) is 20.8 Å². The van der Waals surface area contributed by atoms with Crippen molar-refractivity contribution < 1.29 is 5.11 Å². The number of aliphatic hydroxyl groups is 1. The molecule has 104 valence electrons. The Morgan fingerprint density at radius 1 is 1.42 bits per heavy atom. The molecule has 4 nitrogen and oxygen atoms in total. The van der Waals surface area contributed by atoms with E-state index in [4.69, 9.17) is 5.26 Å². The third-order valence-corrected chi connectivity index (χ3v) is 2.94. The molecule has 0 aliphatic rings.